The summed E-state index contributed by atoms with van der Waals surface area (Å²) in [6.45, 7) is 2.28. The van der Waals surface area contributed by atoms with Crippen LogP contribution in [0.25, 0.3) is 0 Å². The fourth-order valence-electron chi connectivity index (χ4n) is 2.73. The van der Waals surface area contributed by atoms with E-state index in [9.17, 15) is 0 Å². The van der Waals surface area contributed by atoms with Crippen LogP contribution in [0.1, 0.15) is 42.1 Å². The average molecular weight is 191 g/mol. The molecule has 2 N–H and O–H groups in total. The van der Waals surface area contributed by atoms with Gasteiger partial charge in [-0.1, -0.05) is 0 Å². The van der Waals surface area contributed by atoms with Crippen LogP contribution in [-0.4, -0.2) is 23.3 Å². The molecule has 0 bridgehead atoms. The molecule has 0 amide bonds. The Bertz CT molecular complexity index is 323. The van der Waals surface area contributed by atoms with Crippen molar-refractivity contribution in [1.29, 1.82) is 0 Å². The summed E-state index contributed by atoms with van der Waals surface area (Å²) in [6, 6.07) is 0. The minimum Gasteiger partial charge on any atom is -0.316 e. The van der Waals surface area contributed by atoms with Crippen LogP contribution >= 0.6 is 0 Å². The largest absolute Gasteiger partial charge is 0.316 e. The van der Waals surface area contributed by atoms with Crippen molar-refractivity contribution < 1.29 is 0 Å². The molecule has 1 saturated heterocycles. The van der Waals surface area contributed by atoms with E-state index in [4.69, 9.17) is 0 Å². The first kappa shape index (κ1) is 8.48. The summed E-state index contributed by atoms with van der Waals surface area (Å²) in [4.78, 5) is 0. The van der Waals surface area contributed by atoms with E-state index in [1.54, 1.807) is 5.56 Å². The van der Waals surface area contributed by atoms with Crippen molar-refractivity contribution in [2.45, 2.75) is 38.0 Å². The van der Waals surface area contributed by atoms with Gasteiger partial charge in [-0.05, 0) is 44.2 Å². The van der Waals surface area contributed by atoms with Crippen molar-refractivity contribution >= 4 is 0 Å². The Morgan fingerprint density at radius 3 is 3.00 bits per heavy atom. The van der Waals surface area contributed by atoms with E-state index in [0.717, 1.165) is 13.1 Å². The Kier molecular flexibility index (Phi) is 2.05. The van der Waals surface area contributed by atoms with E-state index in [1.807, 2.05) is 0 Å². The summed E-state index contributed by atoms with van der Waals surface area (Å²) in [5, 5.41) is 11.2. The summed E-state index contributed by atoms with van der Waals surface area (Å²) >= 11 is 0. The number of hydrogen-bond donors (Lipinski definition) is 2. The van der Waals surface area contributed by atoms with Gasteiger partial charge in [-0.3, -0.25) is 5.10 Å². The lowest BCUT2D eigenvalue weighted by atomic mass is 9.91. The maximum atomic E-state index is 4.51. The highest BCUT2D eigenvalue weighted by Crippen LogP contribution is 2.29. The van der Waals surface area contributed by atoms with Crippen molar-refractivity contribution in [3.8, 4) is 0 Å². The first-order chi connectivity index (χ1) is 6.95. The Balaban J connectivity index is 1.93. The molecule has 1 aliphatic carbocycles. The lowest BCUT2D eigenvalue weighted by molar-refractivity contribution is 0.662. The topological polar surface area (TPSA) is 40.7 Å². The van der Waals surface area contributed by atoms with E-state index >= 15 is 0 Å². The molecule has 0 saturated carbocycles. The summed E-state index contributed by atoms with van der Waals surface area (Å²) in [7, 11) is 0. The third-order valence-corrected chi connectivity index (χ3v) is 3.54. The maximum Gasteiger partial charge on any atom is 0.0700 e. The fraction of sp³-hybridized carbons (Fsp3) is 0.727. The van der Waals surface area contributed by atoms with Gasteiger partial charge >= 0.3 is 0 Å². The van der Waals surface area contributed by atoms with Crippen LogP contribution in [0, 0.1) is 0 Å². The van der Waals surface area contributed by atoms with Crippen molar-refractivity contribution in [1.82, 2.24) is 15.5 Å². The van der Waals surface area contributed by atoms with Gasteiger partial charge < -0.3 is 5.32 Å². The smallest absolute Gasteiger partial charge is 0.0700 e. The van der Waals surface area contributed by atoms with E-state index in [2.05, 4.69) is 15.5 Å². The van der Waals surface area contributed by atoms with Crippen LogP contribution in [-0.2, 0) is 12.8 Å². The zero-order valence-corrected chi connectivity index (χ0v) is 8.47. The Labute approximate surface area is 84.3 Å². The lowest BCUT2D eigenvalue weighted by Crippen LogP contribution is -2.10. The highest BCUT2D eigenvalue weighted by Gasteiger charge is 2.25. The molecule has 3 heteroatoms. The molecule has 3 nitrogen and oxygen atoms in total. The molecule has 76 valence electrons. The maximum absolute atomic E-state index is 4.51. The van der Waals surface area contributed by atoms with E-state index in [1.165, 1.54) is 43.5 Å². The van der Waals surface area contributed by atoms with Gasteiger partial charge in [0, 0.05) is 18.2 Å². The van der Waals surface area contributed by atoms with Gasteiger partial charge in [0.25, 0.3) is 0 Å². The number of hydrogen-bond acceptors (Lipinski definition) is 2. The zero-order valence-electron chi connectivity index (χ0n) is 8.47. The molecule has 2 aliphatic rings. The number of fused-ring (bicyclic) bond motifs is 1. The van der Waals surface area contributed by atoms with Crippen molar-refractivity contribution in [2.24, 2.45) is 0 Å². The number of aromatic amines is 1. The van der Waals surface area contributed by atoms with Crippen LogP contribution in [0.5, 0.6) is 0 Å². The second-order valence-corrected chi connectivity index (χ2v) is 4.46. The second-order valence-electron chi connectivity index (χ2n) is 4.46. The molecular weight excluding hydrogens is 174 g/mol. The average Bonchev–Trinajstić information content (AvgIpc) is 2.85. The van der Waals surface area contributed by atoms with E-state index in [-0.39, 0.29) is 0 Å². The lowest BCUT2D eigenvalue weighted by Gasteiger charge is -2.13. The van der Waals surface area contributed by atoms with Gasteiger partial charge in [0.15, 0.2) is 0 Å². The molecule has 0 aromatic carbocycles. The zero-order chi connectivity index (χ0) is 9.38. The Morgan fingerprint density at radius 1 is 1.21 bits per heavy atom. The minimum absolute atomic E-state index is 0.674. The summed E-state index contributed by atoms with van der Waals surface area (Å²) in [6.07, 6.45) is 6.40. The van der Waals surface area contributed by atoms with Crippen LogP contribution < -0.4 is 5.32 Å². The molecule has 1 aromatic heterocycles. The molecule has 1 atom stereocenters. The quantitative estimate of drug-likeness (QED) is 0.703. The molecule has 2 heterocycles. The van der Waals surface area contributed by atoms with Crippen molar-refractivity contribution in [3.63, 3.8) is 0 Å². The number of aryl methyl sites for hydroxylation is 1. The Hall–Kier alpha value is -0.830. The normalized spacial score (nSPS) is 26.4. The number of nitrogens with one attached hydrogen (secondary N) is 2. The van der Waals surface area contributed by atoms with E-state index < -0.39 is 0 Å². The predicted octanol–water partition coefficient (Wildman–Crippen LogP) is 1.37. The number of rotatable bonds is 1. The number of nitrogens with zero attached hydrogens (tertiary/aromatic N) is 1. The Morgan fingerprint density at radius 2 is 2.14 bits per heavy atom. The molecule has 14 heavy (non-hydrogen) atoms. The molecule has 0 radical (unpaired) electrons. The summed E-state index contributed by atoms with van der Waals surface area (Å²) in [5.74, 6) is 0.674. The molecular formula is C11H17N3. The first-order valence-electron chi connectivity index (χ1n) is 5.72. The highest BCUT2D eigenvalue weighted by atomic mass is 15.1. The van der Waals surface area contributed by atoms with Crippen LogP contribution in [0.2, 0.25) is 0 Å². The molecule has 1 aromatic rings. The second kappa shape index (κ2) is 3.39. The number of H-pyrrole nitrogens is 1. The molecule has 1 unspecified atom stereocenters. The monoisotopic (exact) mass is 191 g/mol. The summed E-state index contributed by atoms with van der Waals surface area (Å²) in [5.41, 5.74) is 4.33. The molecule has 1 aliphatic heterocycles. The molecule has 3 rings (SSSR count). The van der Waals surface area contributed by atoms with Gasteiger partial charge in [-0.15, -0.1) is 0 Å². The van der Waals surface area contributed by atoms with Gasteiger partial charge in [0.2, 0.25) is 0 Å². The van der Waals surface area contributed by atoms with Gasteiger partial charge in [0.1, 0.15) is 0 Å². The molecule has 0 spiro atoms. The summed E-state index contributed by atoms with van der Waals surface area (Å²) < 4.78 is 0. The number of aromatic nitrogens is 2. The SMILES string of the molecule is C1CCc2c(C3CCNC3)n[nH]c2C1. The highest BCUT2D eigenvalue weighted by molar-refractivity contribution is 5.30. The third-order valence-electron chi connectivity index (χ3n) is 3.54. The van der Waals surface area contributed by atoms with Crippen LogP contribution in [0.3, 0.4) is 0 Å². The van der Waals surface area contributed by atoms with Gasteiger partial charge in [0.05, 0.1) is 5.69 Å². The minimum atomic E-state index is 0.674. The predicted molar refractivity (Wildman–Crippen MR) is 55.5 cm³/mol. The first-order valence-corrected chi connectivity index (χ1v) is 5.72. The fourth-order valence-corrected chi connectivity index (χ4v) is 2.73. The molecule has 1 fully saturated rings. The van der Waals surface area contributed by atoms with Crippen LogP contribution in [0.15, 0.2) is 0 Å². The van der Waals surface area contributed by atoms with Crippen molar-refractivity contribution in [3.05, 3.63) is 17.0 Å². The third kappa shape index (κ3) is 1.27. The standard InChI is InChI=1S/C11H17N3/c1-2-4-10-9(3-1)11(14-13-10)8-5-6-12-7-8/h8,12H,1-7H2,(H,13,14). The van der Waals surface area contributed by atoms with Crippen molar-refractivity contribution in [2.75, 3.05) is 13.1 Å². The van der Waals surface area contributed by atoms with Crippen LogP contribution in [0.4, 0.5) is 0 Å². The van der Waals surface area contributed by atoms with Gasteiger partial charge in [-0.2, -0.15) is 5.10 Å². The van der Waals surface area contributed by atoms with Gasteiger partial charge in [-0.25, -0.2) is 0 Å². The van der Waals surface area contributed by atoms with E-state index in [0.29, 0.717) is 5.92 Å².